The summed E-state index contributed by atoms with van der Waals surface area (Å²) < 4.78 is 0. The highest BCUT2D eigenvalue weighted by atomic mass is 15.1. The van der Waals surface area contributed by atoms with Gasteiger partial charge in [-0.1, -0.05) is 26.3 Å². The Bertz CT molecular complexity index is 313. The summed E-state index contributed by atoms with van der Waals surface area (Å²) in [5.74, 6) is 0. The van der Waals surface area contributed by atoms with Crippen molar-refractivity contribution in [3.8, 4) is 0 Å². The Kier molecular flexibility index (Phi) is 8.43. The summed E-state index contributed by atoms with van der Waals surface area (Å²) in [5.41, 5.74) is 1.17. The summed E-state index contributed by atoms with van der Waals surface area (Å²) in [6, 6.07) is 6.79. The fourth-order valence-corrected chi connectivity index (χ4v) is 2.31. The van der Waals surface area contributed by atoms with Crippen molar-refractivity contribution in [2.45, 2.75) is 52.6 Å². The molecule has 0 saturated heterocycles. The van der Waals surface area contributed by atoms with Crippen LogP contribution >= 0.6 is 0 Å². The molecule has 0 aliphatic heterocycles. The van der Waals surface area contributed by atoms with Crippen molar-refractivity contribution in [3.05, 3.63) is 30.1 Å². The topological polar surface area (TPSA) is 28.2 Å². The summed E-state index contributed by atoms with van der Waals surface area (Å²) in [4.78, 5) is 6.87. The van der Waals surface area contributed by atoms with E-state index in [1.165, 1.54) is 31.5 Å². The lowest BCUT2D eigenvalue weighted by Gasteiger charge is -2.20. The monoisotopic (exact) mass is 263 g/mol. The molecule has 0 aromatic carbocycles. The molecule has 0 saturated carbocycles. The zero-order chi connectivity index (χ0) is 13.9. The van der Waals surface area contributed by atoms with Gasteiger partial charge in [-0.3, -0.25) is 9.88 Å². The number of aromatic nitrogens is 1. The Hall–Kier alpha value is -0.930. The van der Waals surface area contributed by atoms with Gasteiger partial charge in [0.15, 0.2) is 0 Å². The molecule has 19 heavy (non-hydrogen) atoms. The number of hydrogen-bond acceptors (Lipinski definition) is 3. The highest BCUT2D eigenvalue weighted by Crippen LogP contribution is 2.05. The molecule has 1 rings (SSSR count). The number of nitrogens with zero attached hydrogens (tertiary/aromatic N) is 2. The predicted octanol–water partition coefficient (Wildman–Crippen LogP) is 3.07. The molecule has 3 nitrogen and oxygen atoms in total. The minimum absolute atomic E-state index is 0.649. The first-order chi connectivity index (χ1) is 9.26. The van der Waals surface area contributed by atoms with Gasteiger partial charge in [0.2, 0.25) is 0 Å². The SMILES string of the molecule is CCNC(C)CCCCN(CC)Cc1ccccn1. The van der Waals surface area contributed by atoms with Crippen molar-refractivity contribution in [2.75, 3.05) is 19.6 Å². The third-order valence-electron chi connectivity index (χ3n) is 3.47. The van der Waals surface area contributed by atoms with E-state index in [1.807, 2.05) is 12.3 Å². The van der Waals surface area contributed by atoms with Gasteiger partial charge in [0.05, 0.1) is 5.69 Å². The van der Waals surface area contributed by atoms with Crippen molar-refractivity contribution in [1.29, 1.82) is 0 Å². The van der Waals surface area contributed by atoms with E-state index in [0.29, 0.717) is 6.04 Å². The number of unbranched alkanes of at least 4 members (excludes halogenated alkanes) is 1. The average Bonchev–Trinajstić information content (AvgIpc) is 2.43. The second kappa shape index (κ2) is 9.93. The number of rotatable bonds is 10. The van der Waals surface area contributed by atoms with Crippen LogP contribution in [0.4, 0.5) is 0 Å². The van der Waals surface area contributed by atoms with Crippen LogP contribution in [0, 0.1) is 0 Å². The molecule has 1 aromatic heterocycles. The molecule has 1 atom stereocenters. The first-order valence-electron chi connectivity index (χ1n) is 7.61. The Morgan fingerprint density at radius 1 is 1.26 bits per heavy atom. The lowest BCUT2D eigenvalue weighted by atomic mass is 10.1. The van der Waals surface area contributed by atoms with Crippen LogP contribution in [-0.2, 0) is 6.54 Å². The maximum Gasteiger partial charge on any atom is 0.0543 e. The van der Waals surface area contributed by atoms with Gasteiger partial charge in [-0.2, -0.15) is 0 Å². The summed E-state index contributed by atoms with van der Waals surface area (Å²) in [5, 5.41) is 3.46. The molecule has 1 aromatic rings. The van der Waals surface area contributed by atoms with Crippen molar-refractivity contribution >= 4 is 0 Å². The van der Waals surface area contributed by atoms with E-state index < -0.39 is 0 Å². The summed E-state index contributed by atoms with van der Waals surface area (Å²) in [6.07, 6.45) is 5.72. The fraction of sp³-hybridized carbons (Fsp3) is 0.688. The minimum atomic E-state index is 0.649. The Balaban J connectivity index is 2.18. The predicted molar refractivity (Wildman–Crippen MR) is 82.2 cm³/mol. The third-order valence-corrected chi connectivity index (χ3v) is 3.47. The zero-order valence-electron chi connectivity index (χ0n) is 12.7. The van der Waals surface area contributed by atoms with Crippen molar-refractivity contribution in [3.63, 3.8) is 0 Å². The molecule has 108 valence electrons. The summed E-state index contributed by atoms with van der Waals surface area (Å²) in [7, 11) is 0. The van der Waals surface area contributed by atoms with E-state index in [4.69, 9.17) is 0 Å². The first-order valence-corrected chi connectivity index (χ1v) is 7.61. The molecule has 0 amide bonds. The maximum atomic E-state index is 4.40. The Labute approximate surface area is 118 Å². The van der Waals surface area contributed by atoms with Gasteiger partial charge < -0.3 is 5.32 Å². The van der Waals surface area contributed by atoms with E-state index in [9.17, 15) is 0 Å². The molecule has 0 aliphatic rings. The van der Waals surface area contributed by atoms with Crippen LogP contribution in [0.25, 0.3) is 0 Å². The van der Waals surface area contributed by atoms with E-state index in [0.717, 1.165) is 19.6 Å². The molecule has 0 radical (unpaired) electrons. The van der Waals surface area contributed by atoms with Gasteiger partial charge in [0.25, 0.3) is 0 Å². The van der Waals surface area contributed by atoms with Crippen LogP contribution in [0.15, 0.2) is 24.4 Å². The zero-order valence-corrected chi connectivity index (χ0v) is 12.7. The number of pyridine rings is 1. The highest BCUT2D eigenvalue weighted by Gasteiger charge is 2.05. The van der Waals surface area contributed by atoms with Crippen LogP contribution in [0.3, 0.4) is 0 Å². The number of nitrogens with one attached hydrogen (secondary N) is 1. The average molecular weight is 263 g/mol. The van der Waals surface area contributed by atoms with Gasteiger partial charge in [0, 0.05) is 18.8 Å². The lowest BCUT2D eigenvalue weighted by Crippen LogP contribution is -2.27. The molecule has 1 N–H and O–H groups in total. The van der Waals surface area contributed by atoms with Crippen LogP contribution in [-0.4, -0.2) is 35.6 Å². The van der Waals surface area contributed by atoms with Crippen LogP contribution in [0.5, 0.6) is 0 Å². The summed E-state index contributed by atoms with van der Waals surface area (Å²) in [6.45, 7) is 11.0. The fourth-order valence-electron chi connectivity index (χ4n) is 2.31. The minimum Gasteiger partial charge on any atom is -0.315 e. The van der Waals surface area contributed by atoms with Gasteiger partial charge in [-0.25, -0.2) is 0 Å². The first kappa shape index (κ1) is 16.1. The van der Waals surface area contributed by atoms with Crippen molar-refractivity contribution < 1.29 is 0 Å². The van der Waals surface area contributed by atoms with E-state index in [2.05, 4.69) is 48.1 Å². The Morgan fingerprint density at radius 2 is 2.11 bits per heavy atom. The molecule has 0 fully saturated rings. The molecular weight excluding hydrogens is 234 g/mol. The largest absolute Gasteiger partial charge is 0.315 e. The Morgan fingerprint density at radius 3 is 2.74 bits per heavy atom. The lowest BCUT2D eigenvalue weighted by molar-refractivity contribution is 0.268. The molecular formula is C16H29N3. The molecule has 1 unspecified atom stereocenters. The van der Waals surface area contributed by atoms with Crippen LogP contribution in [0.2, 0.25) is 0 Å². The van der Waals surface area contributed by atoms with Crippen molar-refractivity contribution in [2.24, 2.45) is 0 Å². The quantitative estimate of drug-likeness (QED) is 0.658. The van der Waals surface area contributed by atoms with Crippen LogP contribution < -0.4 is 5.32 Å². The maximum absolute atomic E-state index is 4.40. The van der Waals surface area contributed by atoms with E-state index >= 15 is 0 Å². The van der Waals surface area contributed by atoms with Gasteiger partial charge >= 0.3 is 0 Å². The van der Waals surface area contributed by atoms with E-state index in [-0.39, 0.29) is 0 Å². The standard InChI is InChI=1S/C16H29N3/c1-4-17-15(3)10-7-9-13-19(5-2)14-16-11-6-8-12-18-16/h6,8,11-12,15,17H,4-5,7,9-10,13-14H2,1-3H3. The molecule has 0 bridgehead atoms. The second-order valence-electron chi connectivity index (χ2n) is 5.14. The molecule has 0 aliphatic carbocycles. The number of hydrogen-bond donors (Lipinski definition) is 1. The molecule has 1 heterocycles. The van der Waals surface area contributed by atoms with E-state index in [1.54, 1.807) is 0 Å². The van der Waals surface area contributed by atoms with Gasteiger partial charge in [-0.05, 0) is 51.5 Å². The molecule has 3 heteroatoms. The molecule has 0 spiro atoms. The van der Waals surface area contributed by atoms with Crippen molar-refractivity contribution in [1.82, 2.24) is 15.2 Å². The summed E-state index contributed by atoms with van der Waals surface area (Å²) >= 11 is 0. The van der Waals surface area contributed by atoms with Gasteiger partial charge in [0.1, 0.15) is 0 Å². The van der Waals surface area contributed by atoms with Crippen LogP contribution in [0.1, 0.15) is 45.7 Å². The smallest absolute Gasteiger partial charge is 0.0543 e. The third kappa shape index (κ3) is 7.28. The van der Waals surface area contributed by atoms with Gasteiger partial charge in [-0.15, -0.1) is 0 Å². The second-order valence-corrected chi connectivity index (χ2v) is 5.14. The normalized spacial score (nSPS) is 12.8. The highest BCUT2D eigenvalue weighted by molar-refractivity contribution is 5.03.